The summed E-state index contributed by atoms with van der Waals surface area (Å²) in [5, 5.41) is 5.24. The van der Waals surface area contributed by atoms with Gasteiger partial charge in [-0.3, -0.25) is 4.79 Å². The van der Waals surface area contributed by atoms with Crippen LogP contribution >= 0.6 is 0 Å². The van der Waals surface area contributed by atoms with E-state index in [-0.39, 0.29) is 18.5 Å². The first kappa shape index (κ1) is 16.6. The molecular formula is C17H21N3O3. The van der Waals surface area contributed by atoms with Gasteiger partial charge in [-0.05, 0) is 18.6 Å². The van der Waals surface area contributed by atoms with Crippen molar-refractivity contribution < 1.29 is 14.0 Å². The van der Waals surface area contributed by atoms with E-state index in [2.05, 4.69) is 10.6 Å². The molecule has 1 aromatic carbocycles. The van der Waals surface area contributed by atoms with Crippen molar-refractivity contribution in [3.05, 3.63) is 60.1 Å². The van der Waals surface area contributed by atoms with Crippen LogP contribution in [0, 0.1) is 0 Å². The van der Waals surface area contributed by atoms with Gasteiger partial charge in [-0.2, -0.15) is 0 Å². The minimum Gasteiger partial charge on any atom is -0.472 e. The Bertz CT molecular complexity index is 611. The van der Waals surface area contributed by atoms with E-state index in [1.54, 1.807) is 23.5 Å². The lowest BCUT2D eigenvalue weighted by Gasteiger charge is -2.21. The molecule has 122 valence electrons. The Labute approximate surface area is 135 Å². The van der Waals surface area contributed by atoms with Gasteiger partial charge < -0.3 is 20.0 Å². The summed E-state index contributed by atoms with van der Waals surface area (Å²) in [6.45, 7) is 3.37. The monoisotopic (exact) mass is 315 g/mol. The normalized spacial score (nSPS) is 10.1. The molecule has 0 fully saturated rings. The fourth-order valence-electron chi connectivity index (χ4n) is 2.09. The average Bonchev–Trinajstić information content (AvgIpc) is 3.10. The molecule has 3 amide bonds. The summed E-state index contributed by atoms with van der Waals surface area (Å²) in [5.74, 6) is -0.116. The number of benzene rings is 1. The second kappa shape index (κ2) is 8.63. The molecular weight excluding hydrogens is 294 g/mol. The Morgan fingerprint density at radius 2 is 1.87 bits per heavy atom. The average molecular weight is 315 g/mol. The molecule has 0 aliphatic carbocycles. The molecule has 6 heteroatoms. The molecule has 0 aliphatic rings. The van der Waals surface area contributed by atoms with E-state index in [0.717, 1.165) is 11.1 Å². The van der Waals surface area contributed by atoms with Gasteiger partial charge in [-0.15, -0.1) is 0 Å². The molecule has 6 nitrogen and oxygen atoms in total. The number of hydrogen-bond donors (Lipinski definition) is 2. The van der Waals surface area contributed by atoms with Gasteiger partial charge in [0.05, 0.1) is 19.1 Å². The Kier molecular flexibility index (Phi) is 6.23. The van der Waals surface area contributed by atoms with Gasteiger partial charge in [-0.1, -0.05) is 30.3 Å². The largest absolute Gasteiger partial charge is 0.472 e. The molecule has 2 aromatic rings. The van der Waals surface area contributed by atoms with Crippen molar-refractivity contribution in [3.8, 4) is 0 Å². The fraction of sp³-hybridized carbons (Fsp3) is 0.294. The number of urea groups is 1. The number of furan rings is 1. The van der Waals surface area contributed by atoms with E-state index in [0.29, 0.717) is 19.6 Å². The summed E-state index contributed by atoms with van der Waals surface area (Å²) in [5.41, 5.74) is 1.93. The molecule has 0 saturated heterocycles. The maximum Gasteiger partial charge on any atom is 0.315 e. The van der Waals surface area contributed by atoms with Gasteiger partial charge in [0.1, 0.15) is 0 Å². The van der Waals surface area contributed by atoms with E-state index < -0.39 is 0 Å². The van der Waals surface area contributed by atoms with Crippen LogP contribution in [-0.2, 0) is 17.9 Å². The summed E-state index contributed by atoms with van der Waals surface area (Å²) in [4.78, 5) is 25.6. The van der Waals surface area contributed by atoms with E-state index in [4.69, 9.17) is 4.42 Å². The molecule has 2 rings (SSSR count). The predicted octanol–water partition coefficient (Wildman–Crippen LogP) is 2.13. The number of hydrogen-bond acceptors (Lipinski definition) is 3. The van der Waals surface area contributed by atoms with Crippen molar-refractivity contribution >= 4 is 11.9 Å². The smallest absolute Gasteiger partial charge is 0.315 e. The molecule has 0 spiro atoms. The zero-order chi connectivity index (χ0) is 16.5. The molecule has 0 atom stereocenters. The van der Waals surface area contributed by atoms with Crippen LogP contribution in [0.2, 0.25) is 0 Å². The number of likely N-dealkylation sites (N-methyl/N-ethyl adjacent to an activating group) is 1. The zero-order valence-corrected chi connectivity index (χ0v) is 13.1. The first-order chi connectivity index (χ1) is 11.2. The highest BCUT2D eigenvalue weighted by Gasteiger charge is 2.13. The van der Waals surface area contributed by atoms with Crippen LogP contribution in [0.15, 0.2) is 53.3 Å². The molecule has 0 radical (unpaired) electrons. The second-order valence-corrected chi connectivity index (χ2v) is 5.06. The summed E-state index contributed by atoms with van der Waals surface area (Å²) >= 11 is 0. The third-order valence-corrected chi connectivity index (χ3v) is 3.38. The van der Waals surface area contributed by atoms with Crippen LogP contribution in [0.4, 0.5) is 4.79 Å². The predicted molar refractivity (Wildman–Crippen MR) is 86.5 cm³/mol. The van der Waals surface area contributed by atoms with E-state index in [9.17, 15) is 9.59 Å². The van der Waals surface area contributed by atoms with Crippen LogP contribution < -0.4 is 10.6 Å². The highest BCUT2D eigenvalue weighted by Crippen LogP contribution is 2.04. The van der Waals surface area contributed by atoms with Gasteiger partial charge in [-0.25, -0.2) is 4.79 Å². The molecule has 0 bridgehead atoms. The number of amides is 3. The Balaban J connectivity index is 1.74. The van der Waals surface area contributed by atoms with E-state index in [1.807, 2.05) is 37.3 Å². The van der Waals surface area contributed by atoms with Crippen molar-refractivity contribution in [1.29, 1.82) is 0 Å². The lowest BCUT2D eigenvalue weighted by Crippen LogP contribution is -2.43. The molecule has 0 aliphatic heterocycles. The van der Waals surface area contributed by atoms with Crippen molar-refractivity contribution in [1.82, 2.24) is 15.5 Å². The Morgan fingerprint density at radius 1 is 1.09 bits per heavy atom. The second-order valence-electron chi connectivity index (χ2n) is 5.06. The molecule has 0 unspecified atom stereocenters. The van der Waals surface area contributed by atoms with Gasteiger partial charge in [0.25, 0.3) is 0 Å². The molecule has 1 aromatic heterocycles. The molecule has 23 heavy (non-hydrogen) atoms. The Hall–Kier alpha value is -2.76. The lowest BCUT2D eigenvalue weighted by atomic mass is 10.2. The van der Waals surface area contributed by atoms with E-state index in [1.165, 1.54) is 0 Å². The highest BCUT2D eigenvalue weighted by molar-refractivity contribution is 5.83. The first-order valence-corrected chi connectivity index (χ1v) is 7.53. The minimum atomic E-state index is -0.379. The number of nitrogens with one attached hydrogen (secondary N) is 2. The third kappa shape index (κ3) is 5.50. The molecule has 1 heterocycles. The third-order valence-electron chi connectivity index (χ3n) is 3.38. The number of rotatable bonds is 7. The summed E-state index contributed by atoms with van der Waals surface area (Å²) in [7, 11) is 0. The maximum atomic E-state index is 12.2. The van der Waals surface area contributed by atoms with Gasteiger partial charge in [0.15, 0.2) is 0 Å². The lowest BCUT2D eigenvalue weighted by molar-refractivity contribution is -0.130. The quantitative estimate of drug-likeness (QED) is 0.822. The van der Waals surface area contributed by atoms with Gasteiger partial charge in [0.2, 0.25) is 5.91 Å². The SMILES string of the molecule is CCN(Cc1ccccc1)C(=O)CNC(=O)NCc1ccoc1. The van der Waals surface area contributed by atoms with Crippen LogP contribution in [0.1, 0.15) is 18.1 Å². The maximum absolute atomic E-state index is 12.2. The summed E-state index contributed by atoms with van der Waals surface area (Å²) < 4.78 is 4.92. The number of carbonyl (C=O) groups is 2. The first-order valence-electron chi connectivity index (χ1n) is 7.53. The van der Waals surface area contributed by atoms with Crippen LogP contribution in [0.25, 0.3) is 0 Å². The number of nitrogens with zero attached hydrogens (tertiary/aromatic N) is 1. The number of carbonyl (C=O) groups excluding carboxylic acids is 2. The van der Waals surface area contributed by atoms with Crippen molar-refractivity contribution in [2.45, 2.75) is 20.0 Å². The summed E-state index contributed by atoms with van der Waals surface area (Å²) in [6.07, 6.45) is 3.10. The fourth-order valence-corrected chi connectivity index (χ4v) is 2.09. The van der Waals surface area contributed by atoms with Crippen LogP contribution in [-0.4, -0.2) is 29.9 Å². The summed E-state index contributed by atoms with van der Waals surface area (Å²) in [6, 6.07) is 11.2. The zero-order valence-electron chi connectivity index (χ0n) is 13.1. The van der Waals surface area contributed by atoms with Crippen LogP contribution in [0.5, 0.6) is 0 Å². The highest BCUT2D eigenvalue weighted by atomic mass is 16.3. The minimum absolute atomic E-state index is 0.0299. The van der Waals surface area contributed by atoms with Crippen molar-refractivity contribution in [3.63, 3.8) is 0 Å². The van der Waals surface area contributed by atoms with E-state index >= 15 is 0 Å². The van der Waals surface area contributed by atoms with Crippen LogP contribution in [0.3, 0.4) is 0 Å². The molecule has 2 N–H and O–H groups in total. The van der Waals surface area contributed by atoms with Gasteiger partial charge >= 0.3 is 6.03 Å². The molecule has 0 saturated carbocycles. The van der Waals surface area contributed by atoms with Crippen molar-refractivity contribution in [2.75, 3.05) is 13.1 Å². The van der Waals surface area contributed by atoms with Gasteiger partial charge in [0, 0.05) is 25.2 Å². The standard InChI is InChI=1S/C17H21N3O3/c1-2-20(12-14-6-4-3-5-7-14)16(21)11-19-17(22)18-10-15-8-9-23-13-15/h3-9,13H,2,10-12H2,1H3,(H2,18,19,22). The topological polar surface area (TPSA) is 74.6 Å². The Morgan fingerprint density at radius 3 is 2.52 bits per heavy atom. The van der Waals surface area contributed by atoms with Crippen molar-refractivity contribution in [2.24, 2.45) is 0 Å².